The number of allylic oxidation sites excluding steroid dienone is 5. The first-order valence-electron chi connectivity index (χ1n) is 24.1. The monoisotopic (exact) mass is 854 g/mol. The zero-order valence-electron chi connectivity index (χ0n) is 38.1. The van der Waals surface area contributed by atoms with Crippen molar-refractivity contribution in [3.05, 3.63) is 59.7 Å². The molecule has 1 aromatic heterocycles. The Morgan fingerprint density at radius 3 is 2.52 bits per heavy atom. The summed E-state index contributed by atoms with van der Waals surface area (Å²) in [6, 6.07) is 8.06. The second-order valence-electron chi connectivity index (χ2n) is 21.8. The molecule has 1 aromatic carbocycles. The van der Waals surface area contributed by atoms with Gasteiger partial charge in [-0.25, -0.2) is 0 Å². The quantitative estimate of drug-likeness (QED) is 0.137. The average Bonchev–Trinajstić information content (AvgIpc) is 3.83. The number of hydrogen-bond donors (Lipinski definition) is 1. The van der Waals surface area contributed by atoms with Crippen molar-refractivity contribution >= 4 is 39.3 Å². The fraction of sp³-hybridized carbons (Fsp3) is 0.731. The molecule has 2 heterocycles. The molecular formula is C52H75N3O3S2. The minimum Gasteiger partial charge on any atom is -0.436 e. The Kier molecular flexibility index (Phi) is 11.8. The predicted molar refractivity (Wildman–Crippen MR) is 250 cm³/mol. The highest BCUT2D eigenvalue weighted by molar-refractivity contribution is 7.99. The van der Waals surface area contributed by atoms with Crippen LogP contribution in [0.2, 0.25) is 0 Å². The zero-order valence-corrected chi connectivity index (χ0v) is 39.7. The molecule has 7 aliphatic rings. The molecule has 2 aromatic rings. The van der Waals surface area contributed by atoms with Gasteiger partial charge in [-0.1, -0.05) is 78.0 Å². The van der Waals surface area contributed by atoms with Crippen molar-refractivity contribution in [1.29, 1.82) is 0 Å². The van der Waals surface area contributed by atoms with E-state index in [9.17, 15) is 4.79 Å². The number of hydrogen-bond acceptors (Lipinski definition) is 8. The number of fused-ring (bicyclic) bond motifs is 8. The standard InChI is InChI=1S/C52H75N3O3S2/c1-9-44(57-46-38-12-10-11-13-41(38)60-54-46)58-47(56)36-16-14-35(15-17-36)39-21-23-49(6)42(48(39,4)5)22-24-51(8)43(49)19-18-40-45-37(34(2)3)20-25-52(45,27-26-50(40,51)7)53-28-29-55-30-32-59-33-31-55/h10-14,21,36-37,40,42-45,53H,2,9,15-20,22-33H2,1,3-8H3/t36?,37-,40+,42-,43+,44?,45+,49-,50+,51+,52-/m0/s1. The number of benzene rings is 1. The van der Waals surface area contributed by atoms with Gasteiger partial charge in [0.25, 0.3) is 0 Å². The molecule has 0 spiro atoms. The van der Waals surface area contributed by atoms with Crippen LogP contribution in [0.1, 0.15) is 132 Å². The summed E-state index contributed by atoms with van der Waals surface area (Å²) < 4.78 is 17.7. The van der Waals surface area contributed by atoms with Crippen molar-refractivity contribution in [2.24, 2.45) is 57.2 Å². The molecule has 11 atom stereocenters. The summed E-state index contributed by atoms with van der Waals surface area (Å²) in [6.45, 7) is 27.3. The van der Waals surface area contributed by atoms with E-state index in [0.29, 0.717) is 40.9 Å². The zero-order chi connectivity index (χ0) is 42.1. The van der Waals surface area contributed by atoms with Crippen LogP contribution in [0.5, 0.6) is 5.88 Å². The van der Waals surface area contributed by atoms with Crippen LogP contribution in [0.25, 0.3) is 10.1 Å². The number of nitrogens with zero attached hydrogens (tertiary/aromatic N) is 2. The Bertz CT molecular complexity index is 2000. The van der Waals surface area contributed by atoms with Crippen LogP contribution in [0.4, 0.5) is 0 Å². The molecule has 6 aliphatic carbocycles. The van der Waals surface area contributed by atoms with E-state index in [1.54, 1.807) is 5.57 Å². The molecule has 6 nitrogen and oxygen atoms in total. The van der Waals surface area contributed by atoms with Gasteiger partial charge in [-0.05, 0) is 170 Å². The molecule has 0 amide bonds. The average molecular weight is 854 g/mol. The number of nitrogens with one attached hydrogen (secondary N) is 1. The number of carbonyl (C=O) groups excluding carboxylic acids is 1. The number of esters is 1. The van der Waals surface area contributed by atoms with E-state index in [2.05, 4.69) is 86.6 Å². The van der Waals surface area contributed by atoms with Crippen molar-refractivity contribution in [3.63, 3.8) is 0 Å². The largest absolute Gasteiger partial charge is 0.436 e. The third kappa shape index (κ3) is 7.10. The minimum absolute atomic E-state index is 0.0951. The lowest BCUT2D eigenvalue weighted by molar-refractivity contribution is -0.221. The highest BCUT2D eigenvalue weighted by atomic mass is 32.2. The molecule has 2 unspecified atom stereocenters. The van der Waals surface area contributed by atoms with Gasteiger partial charge in [0.2, 0.25) is 12.2 Å². The maximum absolute atomic E-state index is 13.6. The fourth-order valence-electron chi connectivity index (χ4n) is 15.7. The number of carbonyl (C=O) groups is 1. The van der Waals surface area contributed by atoms with E-state index < -0.39 is 6.29 Å². The summed E-state index contributed by atoms with van der Waals surface area (Å²) >= 11 is 3.54. The lowest BCUT2D eigenvalue weighted by Gasteiger charge is -2.72. The second kappa shape index (κ2) is 16.5. The number of rotatable bonds is 11. The molecule has 1 N–H and O–H groups in total. The van der Waals surface area contributed by atoms with E-state index in [4.69, 9.17) is 9.47 Å². The molecule has 0 bridgehead atoms. The SMILES string of the molecule is C=C(C)[C@@H]1CC[C@]2(NCCN3CCSCC3)CC[C@]3(C)[C@H](CC[C@@H]4[C@@]5(C)CC=C(C6=CCC(C(=O)OC(CC)Oc7nsc8ccccc78)CC6)C(C)(C)[C@@H]5CC[C@]43C)[C@@H]12. The van der Waals surface area contributed by atoms with Gasteiger partial charge in [-0.3, -0.25) is 4.79 Å². The van der Waals surface area contributed by atoms with Crippen molar-refractivity contribution in [1.82, 2.24) is 14.6 Å². The maximum atomic E-state index is 13.6. The van der Waals surface area contributed by atoms with E-state index in [-0.39, 0.29) is 28.3 Å². The first kappa shape index (κ1) is 43.1. The third-order valence-electron chi connectivity index (χ3n) is 18.9. The van der Waals surface area contributed by atoms with Gasteiger partial charge in [0.05, 0.1) is 16.0 Å². The van der Waals surface area contributed by atoms with E-state index in [1.807, 2.05) is 31.2 Å². The molecule has 4 saturated carbocycles. The normalized spacial score (nSPS) is 39.3. The van der Waals surface area contributed by atoms with Crippen molar-refractivity contribution < 1.29 is 14.3 Å². The molecule has 1 saturated heterocycles. The molecule has 0 radical (unpaired) electrons. The van der Waals surface area contributed by atoms with Crippen molar-refractivity contribution in [2.45, 2.75) is 144 Å². The van der Waals surface area contributed by atoms with Crippen LogP contribution in [0.15, 0.2) is 59.7 Å². The van der Waals surface area contributed by atoms with Gasteiger partial charge in [-0.15, -0.1) is 0 Å². The molecule has 328 valence electrons. The predicted octanol–water partition coefficient (Wildman–Crippen LogP) is 12.3. The minimum atomic E-state index is -0.632. The molecular weight excluding hydrogens is 779 g/mol. The summed E-state index contributed by atoms with van der Waals surface area (Å²) in [6.07, 6.45) is 19.5. The third-order valence-corrected chi connectivity index (χ3v) is 20.7. The highest BCUT2D eigenvalue weighted by Gasteiger charge is 2.70. The lowest BCUT2D eigenvalue weighted by atomic mass is 9.33. The lowest BCUT2D eigenvalue weighted by Crippen LogP contribution is -2.68. The van der Waals surface area contributed by atoms with Crippen molar-refractivity contribution in [2.75, 3.05) is 37.7 Å². The summed E-state index contributed by atoms with van der Waals surface area (Å²) in [5.41, 5.74) is 5.84. The second-order valence-corrected chi connectivity index (χ2v) is 23.9. The van der Waals surface area contributed by atoms with E-state index >= 15 is 0 Å². The number of ether oxygens (including phenoxy) is 2. The Labute approximate surface area is 370 Å². The highest BCUT2D eigenvalue weighted by Crippen LogP contribution is 2.76. The maximum Gasteiger partial charge on any atom is 0.312 e. The summed E-state index contributed by atoms with van der Waals surface area (Å²) in [4.78, 5) is 16.3. The molecule has 9 rings (SSSR count). The molecule has 8 heteroatoms. The topological polar surface area (TPSA) is 63.7 Å². The van der Waals surface area contributed by atoms with Crippen LogP contribution < -0.4 is 10.1 Å². The summed E-state index contributed by atoms with van der Waals surface area (Å²) in [7, 11) is 0. The molecule has 5 fully saturated rings. The van der Waals surface area contributed by atoms with Crippen molar-refractivity contribution in [3.8, 4) is 5.88 Å². The van der Waals surface area contributed by atoms with Crippen LogP contribution in [0.3, 0.4) is 0 Å². The Morgan fingerprint density at radius 2 is 1.77 bits per heavy atom. The van der Waals surface area contributed by atoms with Crippen LogP contribution in [-0.4, -0.2) is 64.8 Å². The van der Waals surface area contributed by atoms with Gasteiger partial charge < -0.3 is 19.7 Å². The van der Waals surface area contributed by atoms with Crippen LogP contribution in [0, 0.1) is 57.2 Å². The number of thioether (sulfide) groups is 1. The van der Waals surface area contributed by atoms with Gasteiger partial charge in [0.1, 0.15) is 0 Å². The Hall–Kier alpha value is -2.13. The summed E-state index contributed by atoms with van der Waals surface area (Å²) in [5, 5.41) is 5.33. The first-order valence-corrected chi connectivity index (χ1v) is 26.0. The van der Waals surface area contributed by atoms with Crippen LogP contribution in [-0.2, 0) is 9.53 Å². The fourth-order valence-corrected chi connectivity index (χ4v) is 17.4. The van der Waals surface area contributed by atoms with Gasteiger partial charge in [-0.2, -0.15) is 16.1 Å². The number of aromatic nitrogens is 1. The van der Waals surface area contributed by atoms with E-state index in [0.717, 1.165) is 47.7 Å². The van der Waals surface area contributed by atoms with E-state index in [1.165, 1.54) is 112 Å². The first-order chi connectivity index (χ1) is 28.7. The summed E-state index contributed by atoms with van der Waals surface area (Å²) in [5.74, 6) is 6.37. The Balaban J connectivity index is 0.890. The Morgan fingerprint density at radius 1 is 0.967 bits per heavy atom. The molecule has 60 heavy (non-hydrogen) atoms. The van der Waals surface area contributed by atoms with Gasteiger partial charge >= 0.3 is 5.97 Å². The van der Waals surface area contributed by atoms with Gasteiger partial charge in [0.15, 0.2) is 0 Å². The smallest absolute Gasteiger partial charge is 0.312 e. The van der Waals surface area contributed by atoms with Gasteiger partial charge in [0, 0.05) is 49.6 Å². The van der Waals surface area contributed by atoms with Crippen LogP contribution >= 0.6 is 23.3 Å². The molecule has 1 aliphatic heterocycles.